The molecule has 5 aromatic carbocycles. The van der Waals surface area contributed by atoms with E-state index in [9.17, 15) is 0 Å². The highest BCUT2D eigenvalue weighted by molar-refractivity contribution is 7.26. The maximum absolute atomic E-state index is 6.46. The number of rotatable bonds is 4. The Morgan fingerprint density at radius 2 is 1.48 bits per heavy atom. The summed E-state index contributed by atoms with van der Waals surface area (Å²) in [6.07, 6.45) is 13.1. The fraction of sp³-hybridized carbons (Fsp3) is 0.0952. The minimum atomic E-state index is 0.944. The Morgan fingerprint density at radius 1 is 0.674 bits per heavy atom. The molecule has 3 heterocycles. The molecule has 4 heteroatoms. The second kappa shape index (κ2) is 10.1. The lowest BCUT2D eigenvalue weighted by Gasteiger charge is -2.27. The third kappa shape index (κ3) is 3.77. The summed E-state index contributed by atoms with van der Waals surface area (Å²) in [4.78, 5) is 2.49. The zero-order valence-electron chi connectivity index (χ0n) is 25.2. The molecule has 3 nitrogen and oxygen atoms in total. The minimum Gasteiger partial charge on any atom is -0.456 e. The van der Waals surface area contributed by atoms with Gasteiger partial charge in [-0.05, 0) is 86.4 Å². The van der Waals surface area contributed by atoms with E-state index in [0.717, 1.165) is 48.4 Å². The molecule has 0 saturated heterocycles. The van der Waals surface area contributed by atoms with Gasteiger partial charge in [0.15, 0.2) is 0 Å². The number of allylic oxidation sites excluding steroid dienone is 2. The van der Waals surface area contributed by atoms with Crippen molar-refractivity contribution < 1.29 is 4.42 Å². The quantitative estimate of drug-likeness (QED) is 0.198. The van der Waals surface area contributed by atoms with Crippen LogP contribution in [0.2, 0.25) is 0 Å². The third-order valence-corrected chi connectivity index (χ3v) is 10.9. The van der Waals surface area contributed by atoms with Gasteiger partial charge < -0.3 is 13.9 Å². The van der Waals surface area contributed by atoms with E-state index >= 15 is 0 Å². The maximum Gasteiger partial charge on any atom is 0.137 e. The molecule has 8 aromatic rings. The van der Waals surface area contributed by atoms with Gasteiger partial charge in [-0.25, -0.2) is 0 Å². The lowest BCUT2D eigenvalue weighted by Crippen LogP contribution is -2.11. The van der Waals surface area contributed by atoms with Crippen LogP contribution in [0, 0.1) is 0 Å². The molecule has 0 N–H and O–H groups in total. The van der Waals surface area contributed by atoms with Crippen LogP contribution in [0.4, 0.5) is 17.1 Å². The summed E-state index contributed by atoms with van der Waals surface area (Å²) in [6.45, 7) is 0. The van der Waals surface area contributed by atoms with E-state index in [-0.39, 0.29) is 0 Å². The van der Waals surface area contributed by atoms with Crippen molar-refractivity contribution in [2.24, 2.45) is 0 Å². The molecule has 10 rings (SSSR count). The lowest BCUT2D eigenvalue weighted by molar-refractivity contribution is 0.595. The Balaban J connectivity index is 1.29. The van der Waals surface area contributed by atoms with Gasteiger partial charge in [-0.3, -0.25) is 0 Å². The standard InChI is InChI=1S/C42H30N2OS/c1-2-12-27(13-3-1)43-34-18-7-4-14-29(34)33-26-28(24-25-35(33)43)44(36-19-11-22-39-41(36)32-16-5-8-21-38(32)45-39)37-20-10-17-31-30-15-6-9-23-40(30)46-42(31)37/h1-4,6,8-15,17,19-26H,5,7,16,18H2. The number of nitrogens with zero attached hydrogens (tertiary/aromatic N) is 2. The van der Waals surface area contributed by atoms with Crippen molar-refractivity contribution in [2.45, 2.75) is 25.7 Å². The van der Waals surface area contributed by atoms with Gasteiger partial charge in [0.1, 0.15) is 11.3 Å². The van der Waals surface area contributed by atoms with E-state index in [1.165, 1.54) is 64.7 Å². The summed E-state index contributed by atoms with van der Waals surface area (Å²) in [5.41, 5.74) is 10.9. The number of hydrogen-bond donors (Lipinski definition) is 0. The largest absolute Gasteiger partial charge is 0.456 e. The first-order chi connectivity index (χ1) is 22.8. The van der Waals surface area contributed by atoms with Crippen LogP contribution in [-0.2, 0) is 12.8 Å². The lowest BCUT2D eigenvalue weighted by atomic mass is 9.98. The van der Waals surface area contributed by atoms with Crippen LogP contribution < -0.4 is 4.90 Å². The van der Waals surface area contributed by atoms with Gasteiger partial charge in [-0.1, -0.05) is 72.8 Å². The zero-order valence-corrected chi connectivity index (χ0v) is 26.1. The van der Waals surface area contributed by atoms with Crippen molar-refractivity contribution in [1.29, 1.82) is 0 Å². The van der Waals surface area contributed by atoms with Crippen molar-refractivity contribution in [3.63, 3.8) is 0 Å². The van der Waals surface area contributed by atoms with Crippen LogP contribution in [0.25, 0.3) is 59.9 Å². The first kappa shape index (κ1) is 26.0. The number of thiophene rings is 1. The predicted molar refractivity (Wildman–Crippen MR) is 195 cm³/mol. The molecule has 3 aromatic heterocycles. The average Bonchev–Trinajstić information content (AvgIpc) is 3.79. The monoisotopic (exact) mass is 610 g/mol. The van der Waals surface area contributed by atoms with Gasteiger partial charge in [0.05, 0.1) is 21.6 Å². The molecule has 0 aliphatic heterocycles. The molecule has 0 saturated carbocycles. The maximum atomic E-state index is 6.46. The van der Waals surface area contributed by atoms with E-state index in [1.54, 1.807) is 0 Å². The molecule has 0 radical (unpaired) electrons. The summed E-state index contributed by atoms with van der Waals surface area (Å²) in [5, 5.41) is 5.10. The summed E-state index contributed by atoms with van der Waals surface area (Å²) < 4.78 is 11.5. The van der Waals surface area contributed by atoms with Crippen LogP contribution in [0.15, 0.2) is 126 Å². The second-order valence-electron chi connectivity index (χ2n) is 12.3. The number of aryl methyl sites for hydroxylation is 1. The van der Waals surface area contributed by atoms with Crippen molar-refractivity contribution in [3.8, 4) is 5.69 Å². The molecule has 46 heavy (non-hydrogen) atoms. The molecule has 0 atom stereocenters. The average molecular weight is 611 g/mol. The molecule has 0 unspecified atom stereocenters. The topological polar surface area (TPSA) is 21.3 Å². The second-order valence-corrected chi connectivity index (χ2v) is 13.3. The Hall–Kier alpha value is -5.32. The van der Waals surface area contributed by atoms with Gasteiger partial charge >= 0.3 is 0 Å². The SMILES string of the molecule is C1=Cc2oc3cccc(N(c4ccc5c(c4)c4c(n5-c5ccccc5)CCC=C4)c4cccc5c4sc4ccccc45)c3c2CC1. The number of furan rings is 1. The van der Waals surface area contributed by atoms with Crippen LogP contribution in [0.5, 0.6) is 0 Å². The number of anilines is 3. The van der Waals surface area contributed by atoms with E-state index in [0.29, 0.717) is 0 Å². The molecule has 0 amide bonds. The van der Waals surface area contributed by atoms with Crippen LogP contribution in [0.3, 0.4) is 0 Å². The van der Waals surface area contributed by atoms with Crippen molar-refractivity contribution in [2.75, 3.05) is 4.90 Å². The van der Waals surface area contributed by atoms with Gasteiger partial charge in [0, 0.05) is 54.4 Å². The first-order valence-electron chi connectivity index (χ1n) is 16.1. The van der Waals surface area contributed by atoms with Gasteiger partial charge in [0.2, 0.25) is 0 Å². The molecule has 2 aliphatic carbocycles. The number of fused-ring (bicyclic) bond motifs is 9. The van der Waals surface area contributed by atoms with Crippen molar-refractivity contribution >= 4 is 82.6 Å². The molecular weight excluding hydrogens is 581 g/mol. The number of aromatic nitrogens is 1. The first-order valence-corrected chi connectivity index (χ1v) is 17.0. The minimum absolute atomic E-state index is 0.944. The van der Waals surface area contributed by atoms with E-state index in [2.05, 4.69) is 143 Å². The third-order valence-electron chi connectivity index (χ3n) is 9.72. The fourth-order valence-corrected chi connectivity index (χ4v) is 8.94. The molecule has 0 bridgehead atoms. The van der Waals surface area contributed by atoms with E-state index in [1.807, 2.05) is 11.3 Å². The van der Waals surface area contributed by atoms with Crippen molar-refractivity contribution in [1.82, 2.24) is 4.57 Å². The van der Waals surface area contributed by atoms with Gasteiger partial charge in [-0.15, -0.1) is 11.3 Å². The van der Waals surface area contributed by atoms with Gasteiger partial charge in [-0.2, -0.15) is 0 Å². The number of para-hydroxylation sites is 1. The normalized spacial score (nSPS) is 14.0. The Kier molecular flexibility index (Phi) is 5.70. The summed E-state index contributed by atoms with van der Waals surface area (Å²) in [5.74, 6) is 0.989. The highest BCUT2D eigenvalue weighted by Gasteiger charge is 2.26. The summed E-state index contributed by atoms with van der Waals surface area (Å²) in [7, 11) is 0. The molecule has 0 fully saturated rings. The van der Waals surface area contributed by atoms with E-state index in [4.69, 9.17) is 4.42 Å². The zero-order chi connectivity index (χ0) is 30.2. The molecule has 0 spiro atoms. The smallest absolute Gasteiger partial charge is 0.137 e. The summed E-state index contributed by atoms with van der Waals surface area (Å²) in [6, 6.07) is 39.9. The fourth-order valence-electron chi connectivity index (χ4n) is 7.74. The van der Waals surface area contributed by atoms with Gasteiger partial charge in [0.25, 0.3) is 0 Å². The Labute approximate surface area is 270 Å². The number of hydrogen-bond acceptors (Lipinski definition) is 3. The highest BCUT2D eigenvalue weighted by atomic mass is 32.1. The molecular formula is C42H30N2OS. The predicted octanol–water partition coefficient (Wildman–Crippen LogP) is 12.1. The molecule has 2 aliphatic rings. The number of benzene rings is 5. The van der Waals surface area contributed by atoms with Crippen molar-refractivity contribution in [3.05, 3.63) is 144 Å². The van der Waals surface area contributed by atoms with Crippen LogP contribution in [-0.4, -0.2) is 4.57 Å². The van der Waals surface area contributed by atoms with E-state index < -0.39 is 0 Å². The molecule has 220 valence electrons. The van der Waals surface area contributed by atoms with Crippen LogP contribution >= 0.6 is 11.3 Å². The highest BCUT2D eigenvalue weighted by Crippen LogP contribution is 2.49. The Morgan fingerprint density at radius 3 is 2.43 bits per heavy atom. The summed E-state index contributed by atoms with van der Waals surface area (Å²) >= 11 is 1.88. The van der Waals surface area contributed by atoms with Crippen LogP contribution in [0.1, 0.15) is 35.4 Å². The Bertz CT molecular complexity index is 2540.